The summed E-state index contributed by atoms with van der Waals surface area (Å²) in [4.78, 5) is 13.8. The molecule has 1 N–H and O–H groups in total. The lowest BCUT2D eigenvalue weighted by Crippen LogP contribution is -2.14. The number of sulfonamides is 1. The van der Waals surface area contributed by atoms with E-state index >= 15 is 0 Å². The van der Waals surface area contributed by atoms with Gasteiger partial charge >= 0.3 is 0 Å². The molecule has 10 heteroatoms. The number of anilines is 1. The van der Waals surface area contributed by atoms with Gasteiger partial charge in [-0.2, -0.15) is 4.98 Å². The summed E-state index contributed by atoms with van der Waals surface area (Å²) >= 11 is 0. The first-order valence-electron chi connectivity index (χ1n) is 7.56. The molecule has 0 radical (unpaired) electrons. The van der Waals surface area contributed by atoms with Gasteiger partial charge in [0.15, 0.2) is 0 Å². The summed E-state index contributed by atoms with van der Waals surface area (Å²) in [6, 6.07) is 12.6. The van der Waals surface area contributed by atoms with Crippen LogP contribution < -0.4 is 4.72 Å². The molecule has 9 nitrogen and oxygen atoms in total. The van der Waals surface area contributed by atoms with Crippen LogP contribution in [0.15, 0.2) is 59.8 Å². The van der Waals surface area contributed by atoms with Gasteiger partial charge in [0.1, 0.15) is 6.33 Å². The van der Waals surface area contributed by atoms with Crippen LogP contribution in [0.4, 0.5) is 11.6 Å². The topological polar surface area (TPSA) is 120 Å². The third-order valence-corrected chi connectivity index (χ3v) is 4.85. The van der Waals surface area contributed by atoms with Crippen molar-refractivity contribution in [1.82, 2.24) is 14.8 Å². The van der Waals surface area contributed by atoms with E-state index in [1.807, 2.05) is 31.2 Å². The Hall–Kier alpha value is -3.27. The normalized spacial score (nSPS) is 11.3. The van der Waals surface area contributed by atoms with E-state index < -0.39 is 14.9 Å². The third kappa shape index (κ3) is 4.03. The number of hydrogen-bond acceptors (Lipinski definition) is 6. The molecule has 0 saturated heterocycles. The minimum atomic E-state index is -4.03. The van der Waals surface area contributed by atoms with Crippen molar-refractivity contribution in [1.29, 1.82) is 0 Å². The number of non-ortho nitro benzene ring substituents is 1. The molecule has 0 aliphatic rings. The largest absolute Gasteiger partial charge is 0.270 e. The van der Waals surface area contributed by atoms with Crippen molar-refractivity contribution in [3.63, 3.8) is 0 Å². The first-order valence-corrected chi connectivity index (χ1v) is 9.04. The summed E-state index contributed by atoms with van der Waals surface area (Å²) in [7, 11) is -4.03. The minimum Gasteiger partial charge on any atom is -0.258 e. The molecule has 0 aliphatic heterocycles. The number of nitro groups is 1. The number of aryl methyl sites for hydroxylation is 1. The van der Waals surface area contributed by atoms with Gasteiger partial charge in [0.05, 0.1) is 16.4 Å². The van der Waals surface area contributed by atoms with Crippen LogP contribution in [-0.4, -0.2) is 28.1 Å². The van der Waals surface area contributed by atoms with Gasteiger partial charge in [-0.05, 0) is 18.6 Å². The Morgan fingerprint density at radius 1 is 1.19 bits per heavy atom. The fraction of sp³-hybridized carbons (Fsp3) is 0.125. The predicted octanol–water partition coefficient (Wildman–Crippen LogP) is 2.34. The van der Waals surface area contributed by atoms with Crippen molar-refractivity contribution in [2.75, 3.05) is 4.72 Å². The van der Waals surface area contributed by atoms with Gasteiger partial charge in [-0.15, -0.1) is 5.10 Å². The van der Waals surface area contributed by atoms with Gasteiger partial charge in [0.25, 0.3) is 21.7 Å². The van der Waals surface area contributed by atoms with E-state index in [1.165, 1.54) is 29.2 Å². The smallest absolute Gasteiger partial charge is 0.258 e. The average molecular weight is 373 g/mol. The van der Waals surface area contributed by atoms with Crippen LogP contribution in [0.5, 0.6) is 0 Å². The van der Waals surface area contributed by atoms with Gasteiger partial charge in [-0.1, -0.05) is 35.9 Å². The second kappa shape index (κ2) is 6.92. The van der Waals surface area contributed by atoms with Gasteiger partial charge in [-0.3, -0.25) is 10.1 Å². The van der Waals surface area contributed by atoms with Crippen LogP contribution in [0.3, 0.4) is 0 Å². The van der Waals surface area contributed by atoms with Crippen molar-refractivity contribution in [3.05, 3.63) is 76.1 Å². The van der Waals surface area contributed by atoms with Crippen LogP contribution in [0.1, 0.15) is 11.1 Å². The number of nitrogens with zero attached hydrogens (tertiary/aromatic N) is 4. The van der Waals surface area contributed by atoms with Gasteiger partial charge < -0.3 is 0 Å². The molecule has 0 bridgehead atoms. The molecule has 0 fully saturated rings. The van der Waals surface area contributed by atoms with Crippen molar-refractivity contribution < 1.29 is 13.3 Å². The van der Waals surface area contributed by atoms with E-state index in [-0.39, 0.29) is 16.5 Å². The van der Waals surface area contributed by atoms with Crippen molar-refractivity contribution in [2.45, 2.75) is 18.4 Å². The van der Waals surface area contributed by atoms with E-state index in [1.54, 1.807) is 0 Å². The van der Waals surface area contributed by atoms with Crippen LogP contribution in [0, 0.1) is 17.0 Å². The highest BCUT2D eigenvalue weighted by atomic mass is 32.2. The highest BCUT2D eigenvalue weighted by molar-refractivity contribution is 7.92. The zero-order valence-electron chi connectivity index (χ0n) is 13.7. The number of nitrogens with one attached hydrogen (secondary N) is 1. The van der Waals surface area contributed by atoms with Crippen molar-refractivity contribution in [3.8, 4) is 0 Å². The Balaban J connectivity index is 1.77. The number of hydrogen-bond donors (Lipinski definition) is 1. The number of benzene rings is 2. The quantitative estimate of drug-likeness (QED) is 0.523. The Bertz CT molecular complexity index is 1060. The highest BCUT2D eigenvalue weighted by Crippen LogP contribution is 2.19. The second-order valence-corrected chi connectivity index (χ2v) is 7.30. The molecule has 3 aromatic rings. The molecule has 0 amide bonds. The predicted molar refractivity (Wildman–Crippen MR) is 94.2 cm³/mol. The first-order chi connectivity index (χ1) is 12.3. The summed E-state index contributed by atoms with van der Waals surface area (Å²) in [5.41, 5.74) is 1.79. The number of rotatable bonds is 6. The molecule has 0 aliphatic carbocycles. The first kappa shape index (κ1) is 17.5. The fourth-order valence-corrected chi connectivity index (χ4v) is 3.34. The molecule has 2 aromatic carbocycles. The molecular weight excluding hydrogens is 358 g/mol. The SMILES string of the molecule is Cc1cccc(Cn2cnc(NS(=O)(=O)c3cccc([N+](=O)[O-])c3)n2)c1. The molecule has 0 saturated carbocycles. The standard InChI is InChI=1S/C16H15N5O4S/c1-12-4-2-5-13(8-12)10-20-11-17-16(18-20)19-26(24,25)15-7-3-6-14(9-15)21(22)23/h2-9,11H,10H2,1H3,(H,18,19). The maximum absolute atomic E-state index is 12.4. The van der Waals surface area contributed by atoms with Crippen molar-refractivity contribution in [2.24, 2.45) is 0 Å². The summed E-state index contributed by atoms with van der Waals surface area (Å²) in [5, 5.41) is 14.9. The maximum atomic E-state index is 12.4. The van der Waals surface area contributed by atoms with Gasteiger partial charge in [0, 0.05) is 12.1 Å². The molecule has 0 unspecified atom stereocenters. The fourth-order valence-electron chi connectivity index (χ4n) is 2.36. The van der Waals surface area contributed by atoms with Crippen LogP contribution in [-0.2, 0) is 16.6 Å². The summed E-state index contributed by atoms with van der Waals surface area (Å²) in [6.45, 7) is 2.41. The minimum absolute atomic E-state index is 0.107. The molecule has 1 heterocycles. The average Bonchev–Trinajstić information content (AvgIpc) is 3.01. The van der Waals surface area contributed by atoms with E-state index in [0.29, 0.717) is 6.54 Å². The van der Waals surface area contributed by atoms with E-state index in [0.717, 1.165) is 17.2 Å². The van der Waals surface area contributed by atoms with Crippen LogP contribution in [0.25, 0.3) is 0 Å². The highest BCUT2D eigenvalue weighted by Gasteiger charge is 2.19. The lowest BCUT2D eigenvalue weighted by atomic mass is 10.1. The van der Waals surface area contributed by atoms with Gasteiger partial charge in [-0.25, -0.2) is 17.8 Å². The third-order valence-electron chi connectivity index (χ3n) is 3.53. The monoisotopic (exact) mass is 373 g/mol. The van der Waals surface area contributed by atoms with Crippen LogP contribution >= 0.6 is 0 Å². The second-order valence-electron chi connectivity index (χ2n) is 5.61. The van der Waals surface area contributed by atoms with Crippen LogP contribution in [0.2, 0.25) is 0 Å². The summed E-state index contributed by atoms with van der Waals surface area (Å²) in [5.74, 6) is -0.107. The molecule has 1 aromatic heterocycles. The number of nitro benzene ring substituents is 1. The maximum Gasteiger partial charge on any atom is 0.270 e. The van der Waals surface area contributed by atoms with Gasteiger partial charge in [0.2, 0.25) is 0 Å². The summed E-state index contributed by atoms with van der Waals surface area (Å²) < 4.78 is 28.5. The molecule has 134 valence electrons. The van der Waals surface area contributed by atoms with E-state index in [9.17, 15) is 18.5 Å². The molecule has 0 spiro atoms. The lowest BCUT2D eigenvalue weighted by molar-refractivity contribution is -0.385. The Kier molecular flexibility index (Phi) is 4.67. The molecular formula is C16H15N5O4S. The van der Waals surface area contributed by atoms with E-state index in [2.05, 4.69) is 14.8 Å². The van der Waals surface area contributed by atoms with Crippen molar-refractivity contribution >= 4 is 21.7 Å². The Morgan fingerprint density at radius 2 is 1.96 bits per heavy atom. The lowest BCUT2D eigenvalue weighted by Gasteiger charge is -2.05. The zero-order chi connectivity index (χ0) is 18.7. The molecule has 3 rings (SSSR count). The Morgan fingerprint density at radius 3 is 2.69 bits per heavy atom. The zero-order valence-corrected chi connectivity index (χ0v) is 14.5. The Labute approximate surface area is 149 Å². The number of aromatic nitrogens is 3. The molecule has 0 atom stereocenters. The van der Waals surface area contributed by atoms with E-state index in [4.69, 9.17) is 0 Å². The molecule has 26 heavy (non-hydrogen) atoms. The summed E-state index contributed by atoms with van der Waals surface area (Å²) in [6.07, 6.45) is 1.41.